The van der Waals surface area contributed by atoms with Gasteiger partial charge in [0.15, 0.2) is 5.78 Å². The molecule has 218 valence electrons. The fourth-order valence-corrected chi connectivity index (χ4v) is 6.14. The van der Waals surface area contributed by atoms with Crippen molar-refractivity contribution in [2.75, 3.05) is 7.11 Å². The van der Waals surface area contributed by atoms with Gasteiger partial charge in [-0.1, -0.05) is 25.2 Å². The van der Waals surface area contributed by atoms with Gasteiger partial charge in [-0.05, 0) is 44.9 Å². The zero-order valence-electron chi connectivity index (χ0n) is 23.7. The number of ether oxygens (including phenoxy) is 1. The van der Waals surface area contributed by atoms with Crippen LogP contribution >= 0.6 is 11.3 Å². The van der Waals surface area contributed by atoms with Gasteiger partial charge >= 0.3 is 5.69 Å². The maximum absolute atomic E-state index is 14.4. The first kappa shape index (κ1) is 30.0. The quantitative estimate of drug-likeness (QED) is 0.265. The maximum atomic E-state index is 14.4. The fourth-order valence-electron chi connectivity index (χ4n) is 4.93. The molecule has 4 rings (SSSR count). The van der Waals surface area contributed by atoms with E-state index in [4.69, 9.17) is 4.74 Å². The van der Waals surface area contributed by atoms with Crippen LogP contribution in [0.5, 0.6) is 5.75 Å². The molecule has 0 bridgehead atoms. The average molecular weight is 586 g/mol. The summed E-state index contributed by atoms with van der Waals surface area (Å²) in [7, 11) is 1.33. The van der Waals surface area contributed by atoms with Crippen LogP contribution in [-0.2, 0) is 27.3 Å². The molecule has 1 unspecified atom stereocenters. The fraction of sp³-hybridized carbons (Fsp3) is 0.429. The third-order valence-electron chi connectivity index (χ3n) is 7.13. The van der Waals surface area contributed by atoms with E-state index in [-0.39, 0.29) is 39.7 Å². The van der Waals surface area contributed by atoms with E-state index in [1.807, 2.05) is 13.8 Å². The first-order chi connectivity index (χ1) is 19.3. The van der Waals surface area contributed by atoms with Crippen molar-refractivity contribution in [3.63, 3.8) is 0 Å². The Morgan fingerprint density at radius 1 is 1.22 bits per heavy atom. The van der Waals surface area contributed by atoms with Crippen molar-refractivity contribution in [3.05, 3.63) is 68.4 Å². The number of hydrogen-bond donors (Lipinski definition) is 1. The predicted molar refractivity (Wildman–Crippen MR) is 151 cm³/mol. The van der Waals surface area contributed by atoms with Crippen molar-refractivity contribution < 1.29 is 23.8 Å². The van der Waals surface area contributed by atoms with E-state index in [0.717, 1.165) is 32.6 Å². The molecule has 13 heteroatoms. The second-order valence-corrected chi connectivity index (χ2v) is 11.8. The van der Waals surface area contributed by atoms with Gasteiger partial charge < -0.3 is 14.6 Å². The van der Waals surface area contributed by atoms with Crippen molar-refractivity contribution in [2.45, 2.75) is 65.1 Å². The Labute approximate surface area is 238 Å². The van der Waals surface area contributed by atoms with E-state index in [0.29, 0.717) is 16.9 Å². The smallest absolute Gasteiger partial charge is 0.333 e. The lowest BCUT2D eigenvalue weighted by atomic mass is 9.89. The van der Waals surface area contributed by atoms with Gasteiger partial charge in [0.1, 0.15) is 38.8 Å². The van der Waals surface area contributed by atoms with Gasteiger partial charge in [0.05, 0.1) is 31.4 Å². The summed E-state index contributed by atoms with van der Waals surface area (Å²) in [5.74, 6) is -0.937. The Bertz CT molecular complexity index is 1740. The number of aldehydes is 1. The van der Waals surface area contributed by atoms with E-state index in [9.17, 15) is 28.7 Å². The number of halogens is 1. The lowest BCUT2D eigenvalue weighted by Gasteiger charge is -2.31. The largest absolute Gasteiger partial charge is 0.496 e. The molecule has 1 N–H and O–H groups in total. The number of aromatic nitrogens is 5. The van der Waals surface area contributed by atoms with Gasteiger partial charge in [-0.15, -0.1) is 4.80 Å². The highest BCUT2D eigenvalue weighted by molar-refractivity contribution is 7.21. The number of aryl methyl sites for hydroxylation is 1. The van der Waals surface area contributed by atoms with Crippen LogP contribution in [0.3, 0.4) is 0 Å². The van der Waals surface area contributed by atoms with Crippen LogP contribution in [0, 0.1) is 18.7 Å². The van der Waals surface area contributed by atoms with Crippen molar-refractivity contribution >= 4 is 33.6 Å². The van der Waals surface area contributed by atoms with Gasteiger partial charge in [-0.3, -0.25) is 14.2 Å². The normalized spacial score (nSPS) is 13.5. The van der Waals surface area contributed by atoms with Crippen LogP contribution < -0.4 is 16.0 Å². The first-order valence-corrected chi connectivity index (χ1v) is 13.8. The van der Waals surface area contributed by atoms with Crippen molar-refractivity contribution in [1.29, 1.82) is 0 Å². The van der Waals surface area contributed by atoms with Gasteiger partial charge in [-0.2, -0.15) is 10.2 Å². The van der Waals surface area contributed by atoms with Crippen LogP contribution in [0.2, 0.25) is 0 Å². The molecule has 0 aliphatic carbocycles. The summed E-state index contributed by atoms with van der Waals surface area (Å²) >= 11 is 1.04. The Morgan fingerprint density at radius 3 is 2.46 bits per heavy atom. The van der Waals surface area contributed by atoms with Crippen LogP contribution in [0.15, 0.2) is 40.2 Å². The molecule has 1 aromatic carbocycles. The Balaban J connectivity index is 2.09. The molecule has 41 heavy (non-hydrogen) atoms. The van der Waals surface area contributed by atoms with Crippen LogP contribution in [0.4, 0.5) is 4.39 Å². The van der Waals surface area contributed by atoms with Crippen molar-refractivity contribution in [2.24, 2.45) is 5.92 Å². The number of ketones is 1. The van der Waals surface area contributed by atoms with Gasteiger partial charge in [0.25, 0.3) is 5.56 Å². The molecule has 0 amide bonds. The molecule has 4 aromatic rings. The molecule has 0 aliphatic heterocycles. The molecule has 11 nitrogen and oxygen atoms in total. The van der Waals surface area contributed by atoms with Gasteiger partial charge in [0, 0.05) is 24.0 Å². The Morgan fingerprint density at radius 2 is 1.88 bits per heavy atom. The summed E-state index contributed by atoms with van der Waals surface area (Å²) in [6, 6.07) is 3.49. The lowest BCUT2D eigenvalue weighted by Crippen LogP contribution is -2.53. The maximum Gasteiger partial charge on any atom is 0.333 e. The number of thiophene rings is 1. The number of aliphatic hydroxyl groups is 1. The minimum absolute atomic E-state index is 0.0260. The topological polar surface area (TPSA) is 138 Å². The zero-order chi connectivity index (χ0) is 30.3. The monoisotopic (exact) mass is 585 g/mol. The number of benzene rings is 1. The van der Waals surface area contributed by atoms with Crippen LogP contribution in [0.1, 0.15) is 51.7 Å². The number of hydrogen-bond acceptors (Lipinski definition) is 9. The molecule has 3 aromatic heterocycles. The van der Waals surface area contributed by atoms with E-state index >= 15 is 0 Å². The SMILES string of the molecule is COc1ccc(F)cc1C(O)(CC=O)Cn1c(=O)n(C(C)(C)C(=O)CC(C)C)c(=O)c2c(C)c(-n3nccn3)sc21. The molecule has 0 fully saturated rings. The van der Waals surface area contributed by atoms with E-state index in [1.165, 1.54) is 44.2 Å². The molecular formula is C28H32FN5O6S. The number of fused-ring (bicyclic) bond motifs is 1. The predicted octanol–water partition coefficient (Wildman–Crippen LogP) is 3.09. The molecule has 0 spiro atoms. The highest BCUT2D eigenvalue weighted by Gasteiger charge is 2.39. The number of Topliss-reactive ketones (excluding diaryl/α,β-unsaturated/α-hetero) is 1. The Kier molecular flexibility index (Phi) is 8.14. The minimum atomic E-state index is -2.12. The average Bonchev–Trinajstić information content (AvgIpc) is 3.54. The molecule has 3 heterocycles. The van der Waals surface area contributed by atoms with E-state index < -0.39 is 41.2 Å². The minimum Gasteiger partial charge on any atom is -0.496 e. The molecule has 1 atom stereocenters. The number of rotatable bonds is 11. The molecule has 0 radical (unpaired) electrons. The third kappa shape index (κ3) is 5.26. The summed E-state index contributed by atoms with van der Waals surface area (Å²) in [5.41, 5.74) is -4.82. The zero-order valence-corrected chi connectivity index (χ0v) is 24.5. The third-order valence-corrected chi connectivity index (χ3v) is 8.41. The number of carbonyl (C=O) groups excluding carboxylic acids is 2. The molecular weight excluding hydrogens is 553 g/mol. The van der Waals surface area contributed by atoms with Crippen LogP contribution in [0.25, 0.3) is 15.2 Å². The highest BCUT2D eigenvalue weighted by atomic mass is 32.1. The summed E-state index contributed by atoms with van der Waals surface area (Å²) in [6.45, 7) is 7.84. The lowest BCUT2D eigenvalue weighted by molar-refractivity contribution is -0.127. The highest BCUT2D eigenvalue weighted by Crippen LogP contribution is 2.37. The summed E-state index contributed by atoms with van der Waals surface area (Å²) in [4.78, 5) is 54.9. The van der Waals surface area contributed by atoms with E-state index in [2.05, 4.69) is 10.2 Å². The van der Waals surface area contributed by atoms with Crippen molar-refractivity contribution in [1.82, 2.24) is 24.1 Å². The van der Waals surface area contributed by atoms with E-state index in [1.54, 1.807) is 6.92 Å². The second-order valence-electron chi connectivity index (χ2n) is 10.9. The molecule has 0 aliphatic rings. The molecule has 0 saturated heterocycles. The number of nitrogens with zero attached hydrogens (tertiary/aromatic N) is 5. The Hall–Kier alpha value is -3.97. The van der Waals surface area contributed by atoms with Gasteiger partial charge in [-0.25, -0.2) is 13.8 Å². The summed E-state index contributed by atoms with van der Waals surface area (Å²) < 4.78 is 21.8. The second kappa shape index (κ2) is 11.1. The summed E-state index contributed by atoms with van der Waals surface area (Å²) in [5, 5.41) is 20.8. The standard InChI is InChI=1S/C28H32FN5O6S/c1-16(2)13-21(36)27(4,5)33-23(37)22-17(3)24(34-30-10-11-31-34)41-25(22)32(26(33)38)15-28(39,9-12-35)19-14-18(29)7-8-20(19)40-6/h7-8,10-12,14,16,39H,9,13,15H2,1-6H3. The first-order valence-electron chi connectivity index (χ1n) is 13.0. The van der Waals surface area contributed by atoms with Crippen molar-refractivity contribution in [3.8, 4) is 10.8 Å². The van der Waals surface area contributed by atoms with Crippen LogP contribution in [-0.4, -0.2) is 48.4 Å². The molecule has 0 saturated carbocycles. The summed E-state index contributed by atoms with van der Waals surface area (Å²) in [6.07, 6.45) is 2.98. The number of carbonyl (C=O) groups is 2. The van der Waals surface area contributed by atoms with Gasteiger partial charge in [0.2, 0.25) is 0 Å². The number of methoxy groups -OCH3 is 1.